The second-order valence-corrected chi connectivity index (χ2v) is 6.22. The second kappa shape index (κ2) is 7.95. The third kappa shape index (κ3) is 3.49. The van der Waals surface area contributed by atoms with Crippen LogP contribution in [0.2, 0.25) is 0 Å². The number of methoxy groups -OCH3 is 3. The first-order chi connectivity index (χ1) is 12.6. The number of aliphatic hydroxyl groups excluding tert-OH is 2. The van der Waals surface area contributed by atoms with E-state index in [2.05, 4.69) is 0 Å². The third-order valence-electron chi connectivity index (χ3n) is 4.79. The Morgan fingerprint density at radius 3 is 2.27 bits per heavy atom. The maximum absolute atomic E-state index is 10.9. The number of hydrogen-bond acceptors (Lipinski definition) is 6. The Kier molecular flexibility index (Phi) is 5.66. The normalized spacial score (nSPS) is 23.5. The molecule has 26 heavy (non-hydrogen) atoms. The number of aliphatic hydroxyl groups is 2. The van der Waals surface area contributed by atoms with Gasteiger partial charge >= 0.3 is 0 Å². The van der Waals surface area contributed by atoms with Crippen molar-refractivity contribution in [2.45, 2.75) is 24.2 Å². The van der Waals surface area contributed by atoms with Crippen LogP contribution in [0.4, 0.5) is 0 Å². The van der Waals surface area contributed by atoms with Crippen molar-refractivity contribution in [1.82, 2.24) is 0 Å². The summed E-state index contributed by atoms with van der Waals surface area (Å²) in [5.41, 5.74) is 1.53. The maximum atomic E-state index is 10.9. The van der Waals surface area contributed by atoms with Gasteiger partial charge in [0.1, 0.15) is 11.9 Å². The topological polar surface area (TPSA) is 77.4 Å². The largest absolute Gasteiger partial charge is 0.497 e. The molecule has 140 valence electrons. The molecule has 1 aliphatic rings. The van der Waals surface area contributed by atoms with E-state index in [0.29, 0.717) is 17.1 Å². The quantitative estimate of drug-likeness (QED) is 0.823. The van der Waals surface area contributed by atoms with Gasteiger partial charge in [-0.1, -0.05) is 18.2 Å². The Morgan fingerprint density at radius 2 is 1.65 bits per heavy atom. The molecule has 1 aliphatic heterocycles. The Labute approximate surface area is 152 Å². The molecule has 3 rings (SSSR count). The molecule has 1 heterocycles. The minimum atomic E-state index is -0.918. The molecule has 2 aromatic rings. The van der Waals surface area contributed by atoms with Gasteiger partial charge in [0.05, 0.1) is 40.1 Å². The minimum Gasteiger partial charge on any atom is -0.497 e. The van der Waals surface area contributed by atoms with Gasteiger partial charge in [-0.2, -0.15) is 0 Å². The summed E-state index contributed by atoms with van der Waals surface area (Å²) in [7, 11) is 4.71. The van der Waals surface area contributed by atoms with E-state index in [1.165, 1.54) is 0 Å². The van der Waals surface area contributed by atoms with Crippen molar-refractivity contribution in [1.29, 1.82) is 0 Å². The van der Waals surface area contributed by atoms with Gasteiger partial charge in [0, 0.05) is 5.92 Å². The molecule has 4 atom stereocenters. The molecule has 2 N–H and O–H groups in total. The van der Waals surface area contributed by atoms with E-state index < -0.39 is 18.3 Å². The van der Waals surface area contributed by atoms with Gasteiger partial charge in [0.2, 0.25) is 0 Å². The lowest BCUT2D eigenvalue weighted by Crippen LogP contribution is -2.27. The van der Waals surface area contributed by atoms with Crippen LogP contribution in [0.25, 0.3) is 0 Å². The van der Waals surface area contributed by atoms with E-state index in [4.69, 9.17) is 18.9 Å². The Balaban J connectivity index is 1.88. The highest BCUT2D eigenvalue weighted by molar-refractivity contribution is 5.44. The van der Waals surface area contributed by atoms with E-state index in [1.54, 1.807) is 39.5 Å². The van der Waals surface area contributed by atoms with E-state index in [9.17, 15) is 10.2 Å². The van der Waals surface area contributed by atoms with Gasteiger partial charge in [0.15, 0.2) is 11.5 Å². The molecule has 0 aromatic heterocycles. The van der Waals surface area contributed by atoms with Crippen LogP contribution in [0.5, 0.6) is 17.2 Å². The lowest BCUT2D eigenvalue weighted by Gasteiger charge is -2.26. The van der Waals surface area contributed by atoms with Crippen molar-refractivity contribution in [3.63, 3.8) is 0 Å². The van der Waals surface area contributed by atoms with Crippen LogP contribution in [0.1, 0.15) is 23.1 Å². The SMILES string of the molecule is COc1ccc([C@H]2[C@@H]([C@H](O)c3ccc(OC)c(OC)c3)OC[C@H]2O)cc1. The van der Waals surface area contributed by atoms with Gasteiger partial charge in [-0.3, -0.25) is 0 Å². The van der Waals surface area contributed by atoms with Gasteiger partial charge < -0.3 is 29.2 Å². The molecule has 0 saturated carbocycles. The fraction of sp³-hybridized carbons (Fsp3) is 0.400. The van der Waals surface area contributed by atoms with Crippen molar-refractivity contribution in [2.75, 3.05) is 27.9 Å². The number of hydrogen-bond donors (Lipinski definition) is 2. The van der Waals surface area contributed by atoms with E-state index in [-0.39, 0.29) is 12.5 Å². The zero-order valence-electron chi connectivity index (χ0n) is 15.1. The molecule has 2 aromatic carbocycles. The Morgan fingerprint density at radius 1 is 0.962 bits per heavy atom. The lowest BCUT2D eigenvalue weighted by molar-refractivity contribution is -0.0100. The van der Waals surface area contributed by atoms with Crippen LogP contribution in [-0.4, -0.2) is 50.4 Å². The fourth-order valence-electron chi connectivity index (χ4n) is 3.39. The third-order valence-corrected chi connectivity index (χ3v) is 4.79. The van der Waals surface area contributed by atoms with Crippen LogP contribution in [-0.2, 0) is 4.74 Å². The van der Waals surface area contributed by atoms with Crippen molar-refractivity contribution in [3.05, 3.63) is 53.6 Å². The Bertz CT molecular complexity index is 730. The molecule has 6 heteroatoms. The number of ether oxygens (including phenoxy) is 4. The highest BCUT2D eigenvalue weighted by atomic mass is 16.5. The van der Waals surface area contributed by atoms with Crippen LogP contribution in [0.15, 0.2) is 42.5 Å². The molecule has 0 spiro atoms. The molecular weight excluding hydrogens is 336 g/mol. The molecule has 0 aliphatic carbocycles. The lowest BCUT2D eigenvalue weighted by atomic mass is 9.86. The summed E-state index contributed by atoms with van der Waals surface area (Å²) in [6.07, 6.45) is -2.18. The zero-order valence-corrected chi connectivity index (χ0v) is 15.1. The summed E-state index contributed by atoms with van der Waals surface area (Å²) in [5.74, 6) is 1.51. The molecule has 0 bridgehead atoms. The van der Waals surface area contributed by atoms with E-state index in [1.807, 2.05) is 24.3 Å². The van der Waals surface area contributed by atoms with Crippen molar-refractivity contribution in [2.24, 2.45) is 0 Å². The standard InChI is InChI=1S/C20H24O6/c1-23-14-7-4-12(5-8-14)18-15(21)11-26-20(18)19(22)13-6-9-16(24-2)17(10-13)25-3/h4-10,15,18-22H,11H2,1-3H3/t15-,18-,19-,20+/m1/s1. The van der Waals surface area contributed by atoms with Crippen LogP contribution >= 0.6 is 0 Å². The average Bonchev–Trinajstić information content (AvgIpc) is 3.08. The molecule has 0 unspecified atom stereocenters. The summed E-state index contributed by atoms with van der Waals surface area (Å²) in [5, 5.41) is 21.3. The van der Waals surface area contributed by atoms with Gasteiger partial charge in [-0.15, -0.1) is 0 Å². The van der Waals surface area contributed by atoms with Gasteiger partial charge in [0.25, 0.3) is 0 Å². The summed E-state index contributed by atoms with van der Waals surface area (Å²) in [6, 6.07) is 12.7. The summed E-state index contributed by atoms with van der Waals surface area (Å²) >= 11 is 0. The monoisotopic (exact) mass is 360 g/mol. The van der Waals surface area contributed by atoms with E-state index in [0.717, 1.165) is 11.3 Å². The molecule has 6 nitrogen and oxygen atoms in total. The van der Waals surface area contributed by atoms with Gasteiger partial charge in [-0.05, 0) is 35.4 Å². The first-order valence-electron chi connectivity index (χ1n) is 8.42. The molecule has 0 amide bonds. The first kappa shape index (κ1) is 18.5. The van der Waals surface area contributed by atoms with Crippen molar-refractivity contribution in [3.8, 4) is 17.2 Å². The second-order valence-electron chi connectivity index (χ2n) is 6.22. The van der Waals surface area contributed by atoms with Crippen LogP contribution in [0.3, 0.4) is 0 Å². The number of rotatable bonds is 6. The first-order valence-corrected chi connectivity index (χ1v) is 8.42. The molecule has 1 fully saturated rings. The van der Waals surface area contributed by atoms with Gasteiger partial charge in [-0.25, -0.2) is 0 Å². The fourth-order valence-corrected chi connectivity index (χ4v) is 3.39. The zero-order chi connectivity index (χ0) is 18.7. The molecule has 0 radical (unpaired) electrons. The summed E-state index contributed by atoms with van der Waals surface area (Å²) in [4.78, 5) is 0. The predicted octanol–water partition coefficient (Wildman–Crippen LogP) is 2.29. The molecule has 1 saturated heterocycles. The van der Waals surface area contributed by atoms with Crippen LogP contribution < -0.4 is 14.2 Å². The Hall–Kier alpha value is -2.28. The average molecular weight is 360 g/mol. The van der Waals surface area contributed by atoms with Crippen LogP contribution in [0, 0.1) is 0 Å². The predicted molar refractivity (Wildman–Crippen MR) is 96.0 cm³/mol. The maximum Gasteiger partial charge on any atom is 0.161 e. The highest BCUT2D eigenvalue weighted by Gasteiger charge is 2.42. The highest BCUT2D eigenvalue weighted by Crippen LogP contribution is 2.40. The minimum absolute atomic E-state index is 0.172. The molecular formula is C20H24O6. The van der Waals surface area contributed by atoms with Crippen molar-refractivity contribution < 1.29 is 29.2 Å². The number of benzene rings is 2. The smallest absolute Gasteiger partial charge is 0.161 e. The summed E-state index contributed by atoms with van der Waals surface area (Å²) in [6.45, 7) is 0.172. The van der Waals surface area contributed by atoms with E-state index >= 15 is 0 Å². The van der Waals surface area contributed by atoms with Crippen molar-refractivity contribution >= 4 is 0 Å². The summed E-state index contributed by atoms with van der Waals surface area (Å²) < 4.78 is 21.5.